The van der Waals surface area contributed by atoms with Crippen LogP contribution in [0.25, 0.3) is 0 Å². The van der Waals surface area contributed by atoms with Crippen LogP contribution >= 0.6 is 0 Å². The maximum Gasteiger partial charge on any atom is 0.335 e. The summed E-state index contributed by atoms with van der Waals surface area (Å²) < 4.78 is 10.1. The number of hydrogen-bond donors (Lipinski definition) is 0. The first-order valence-corrected chi connectivity index (χ1v) is 5.34. The molecular formula is C12H19NO3. The molecule has 0 bridgehead atoms. The molecule has 0 N–H and O–H groups in total. The van der Waals surface area contributed by atoms with Gasteiger partial charge in [0.25, 0.3) is 0 Å². The van der Waals surface area contributed by atoms with E-state index in [1.807, 2.05) is 11.8 Å². The largest absolute Gasteiger partial charge is 0.466 e. The van der Waals surface area contributed by atoms with Gasteiger partial charge in [-0.05, 0) is 19.8 Å². The number of ether oxygens (including phenoxy) is 2. The fourth-order valence-electron chi connectivity index (χ4n) is 2.01. The summed E-state index contributed by atoms with van der Waals surface area (Å²) in [6.07, 6.45) is 3.32. The summed E-state index contributed by atoms with van der Waals surface area (Å²) in [7, 11) is 3.08. The number of methoxy groups -OCH3 is 2. The van der Waals surface area contributed by atoms with Crippen LogP contribution in [0.3, 0.4) is 0 Å². The molecule has 0 saturated carbocycles. The Morgan fingerprint density at radius 2 is 2.31 bits per heavy atom. The predicted molar refractivity (Wildman–Crippen MR) is 61.7 cm³/mol. The first-order valence-electron chi connectivity index (χ1n) is 5.34. The SMILES string of the molecule is C=CCN1C(C)=C(C(=O)OC)CCC1OC. The van der Waals surface area contributed by atoms with Crippen LogP contribution in [-0.2, 0) is 14.3 Å². The third-order valence-electron chi connectivity index (χ3n) is 2.89. The van der Waals surface area contributed by atoms with Gasteiger partial charge in [-0.15, -0.1) is 6.58 Å². The molecule has 1 aliphatic rings. The summed E-state index contributed by atoms with van der Waals surface area (Å²) in [5.74, 6) is -0.249. The molecule has 90 valence electrons. The second kappa shape index (κ2) is 5.70. The van der Waals surface area contributed by atoms with E-state index in [1.165, 1.54) is 7.11 Å². The van der Waals surface area contributed by atoms with Gasteiger partial charge in [0.1, 0.15) is 6.23 Å². The topological polar surface area (TPSA) is 38.8 Å². The molecule has 0 aromatic rings. The second-order valence-electron chi connectivity index (χ2n) is 3.73. The zero-order valence-corrected chi connectivity index (χ0v) is 10.2. The molecule has 1 atom stereocenters. The van der Waals surface area contributed by atoms with E-state index >= 15 is 0 Å². The number of esters is 1. The molecule has 0 aromatic heterocycles. The Morgan fingerprint density at radius 3 is 2.81 bits per heavy atom. The van der Waals surface area contributed by atoms with Gasteiger partial charge in [0.15, 0.2) is 0 Å². The van der Waals surface area contributed by atoms with Gasteiger partial charge in [-0.25, -0.2) is 4.79 Å². The van der Waals surface area contributed by atoms with E-state index in [2.05, 4.69) is 6.58 Å². The molecule has 0 aromatic carbocycles. The van der Waals surface area contributed by atoms with Crippen molar-refractivity contribution in [2.45, 2.75) is 26.0 Å². The van der Waals surface area contributed by atoms with Crippen LogP contribution < -0.4 is 0 Å². The highest BCUT2D eigenvalue weighted by molar-refractivity contribution is 5.89. The number of hydrogen-bond acceptors (Lipinski definition) is 4. The molecule has 1 unspecified atom stereocenters. The lowest BCUT2D eigenvalue weighted by molar-refractivity contribution is -0.137. The molecule has 4 heteroatoms. The van der Waals surface area contributed by atoms with E-state index in [4.69, 9.17) is 9.47 Å². The van der Waals surface area contributed by atoms with E-state index in [-0.39, 0.29) is 12.2 Å². The van der Waals surface area contributed by atoms with Crippen molar-refractivity contribution in [2.24, 2.45) is 0 Å². The van der Waals surface area contributed by atoms with Crippen molar-refractivity contribution in [3.63, 3.8) is 0 Å². The van der Waals surface area contributed by atoms with Crippen molar-refractivity contribution in [1.29, 1.82) is 0 Å². The predicted octanol–water partition coefficient (Wildman–Crippen LogP) is 1.69. The minimum atomic E-state index is -0.249. The van der Waals surface area contributed by atoms with Crippen LogP contribution in [0.15, 0.2) is 23.9 Å². The first kappa shape index (κ1) is 12.8. The van der Waals surface area contributed by atoms with E-state index in [9.17, 15) is 4.79 Å². The quantitative estimate of drug-likeness (QED) is 0.539. The van der Waals surface area contributed by atoms with Crippen molar-refractivity contribution < 1.29 is 14.3 Å². The second-order valence-corrected chi connectivity index (χ2v) is 3.73. The van der Waals surface area contributed by atoms with E-state index < -0.39 is 0 Å². The molecule has 1 rings (SSSR count). The summed E-state index contributed by atoms with van der Waals surface area (Å²) in [5.41, 5.74) is 1.66. The van der Waals surface area contributed by atoms with Gasteiger partial charge in [-0.2, -0.15) is 0 Å². The third kappa shape index (κ3) is 2.44. The number of nitrogens with zero attached hydrogens (tertiary/aromatic N) is 1. The Balaban J connectivity index is 2.97. The number of carbonyl (C=O) groups is 1. The molecule has 0 radical (unpaired) electrons. The Hall–Kier alpha value is -1.29. The van der Waals surface area contributed by atoms with Crippen molar-refractivity contribution in [1.82, 2.24) is 4.90 Å². The molecule has 0 aliphatic carbocycles. The van der Waals surface area contributed by atoms with Gasteiger partial charge in [0.2, 0.25) is 0 Å². The van der Waals surface area contributed by atoms with Gasteiger partial charge in [0.05, 0.1) is 12.7 Å². The maximum absolute atomic E-state index is 11.5. The minimum absolute atomic E-state index is 0.0198. The van der Waals surface area contributed by atoms with Gasteiger partial charge in [0, 0.05) is 19.4 Å². The van der Waals surface area contributed by atoms with E-state index in [1.54, 1.807) is 13.2 Å². The zero-order valence-electron chi connectivity index (χ0n) is 10.2. The number of carbonyl (C=O) groups excluding carboxylic acids is 1. The van der Waals surface area contributed by atoms with Crippen LogP contribution in [0.4, 0.5) is 0 Å². The monoisotopic (exact) mass is 225 g/mol. The molecule has 0 amide bonds. The molecule has 0 saturated heterocycles. The van der Waals surface area contributed by atoms with Crippen molar-refractivity contribution >= 4 is 5.97 Å². The molecule has 16 heavy (non-hydrogen) atoms. The summed E-state index contributed by atoms with van der Waals surface area (Å²) >= 11 is 0. The van der Waals surface area contributed by atoms with Crippen LogP contribution in [0, 0.1) is 0 Å². The highest BCUT2D eigenvalue weighted by Crippen LogP contribution is 2.27. The Labute approximate surface area is 96.5 Å². The van der Waals surface area contributed by atoms with Gasteiger partial charge in [-0.3, -0.25) is 0 Å². The van der Waals surface area contributed by atoms with Crippen molar-refractivity contribution in [2.75, 3.05) is 20.8 Å². The van der Waals surface area contributed by atoms with E-state index in [0.717, 1.165) is 17.7 Å². The lowest BCUT2D eigenvalue weighted by Crippen LogP contribution is -2.40. The minimum Gasteiger partial charge on any atom is -0.466 e. The molecule has 0 spiro atoms. The van der Waals surface area contributed by atoms with Gasteiger partial charge < -0.3 is 14.4 Å². The van der Waals surface area contributed by atoms with Crippen LogP contribution in [0.1, 0.15) is 19.8 Å². The Kier molecular flexibility index (Phi) is 4.55. The van der Waals surface area contributed by atoms with E-state index in [0.29, 0.717) is 13.0 Å². The smallest absolute Gasteiger partial charge is 0.335 e. The van der Waals surface area contributed by atoms with Crippen molar-refractivity contribution in [3.8, 4) is 0 Å². The molecule has 1 aliphatic heterocycles. The van der Waals surface area contributed by atoms with Crippen molar-refractivity contribution in [3.05, 3.63) is 23.9 Å². The maximum atomic E-state index is 11.5. The highest BCUT2D eigenvalue weighted by atomic mass is 16.5. The molecule has 0 fully saturated rings. The fourth-order valence-corrected chi connectivity index (χ4v) is 2.01. The van der Waals surface area contributed by atoms with Gasteiger partial charge in [-0.1, -0.05) is 6.08 Å². The zero-order chi connectivity index (χ0) is 12.1. The lowest BCUT2D eigenvalue weighted by atomic mass is 10.0. The number of rotatable bonds is 4. The average molecular weight is 225 g/mol. The Morgan fingerprint density at radius 1 is 1.62 bits per heavy atom. The third-order valence-corrected chi connectivity index (χ3v) is 2.89. The normalized spacial score (nSPS) is 20.9. The standard InChI is InChI=1S/C12H19NO3/c1-5-8-13-9(2)10(12(14)16-4)6-7-11(13)15-3/h5,11H,1,6-8H2,2-4H3. The van der Waals surface area contributed by atoms with Crippen LogP contribution in [0.5, 0.6) is 0 Å². The highest BCUT2D eigenvalue weighted by Gasteiger charge is 2.28. The fraction of sp³-hybridized carbons (Fsp3) is 0.583. The van der Waals surface area contributed by atoms with Gasteiger partial charge >= 0.3 is 5.97 Å². The number of allylic oxidation sites excluding steroid dienone is 1. The van der Waals surface area contributed by atoms with Crippen LogP contribution in [-0.4, -0.2) is 37.9 Å². The first-order chi connectivity index (χ1) is 7.65. The summed E-state index contributed by atoms with van der Waals surface area (Å²) in [6, 6.07) is 0. The molecule has 4 nitrogen and oxygen atoms in total. The molecular weight excluding hydrogens is 206 g/mol. The van der Waals surface area contributed by atoms with Crippen LogP contribution in [0.2, 0.25) is 0 Å². The molecule has 1 heterocycles. The summed E-state index contributed by atoms with van der Waals surface area (Å²) in [5, 5.41) is 0. The Bertz CT molecular complexity index is 309. The average Bonchev–Trinajstić information content (AvgIpc) is 2.31. The lowest BCUT2D eigenvalue weighted by Gasteiger charge is -2.37. The summed E-state index contributed by atoms with van der Waals surface area (Å²) in [6.45, 7) is 6.30. The summed E-state index contributed by atoms with van der Waals surface area (Å²) in [4.78, 5) is 13.6.